The second-order valence-corrected chi connectivity index (χ2v) is 6.24. The van der Waals surface area contributed by atoms with Crippen molar-refractivity contribution in [1.82, 2.24) is 0 Å². The fourth-order valence-corrected chi connectivity index (χ4v) is 3.33. The van der Waals surface area contributed by atoms with Gasteiger partial charge in [0.2, 0.25) is 0 Å². The number of carbonyl (C=O) groups excluding carboxylic acids is 2. The van der Waals surface area contributed by atoms with Crippen LogP contribution in [0.5, 0.6) is 5.75 Å². The highest BCUT2D eigenvalue weighted by Gasteiger charge is 2.34. The smallest absolute Gasteiger partial charge is 0.196 e. The molecule has 0 saturated heterocycles. The summed E-state index contributed by atoms with van der Waals surface area (Å²) in [6.07, 6.45) is 0. The number of hydrogen-bond acceptors (Lipinski definition) is 6. The van der Waals surface area contributed by atoms with Crippen molar-refractivity contribution in [2.24, 2.45) is 0 Å². The average molecular weight is 359 g/mol. The molecule has 1 aliphatic carbocycles. The predicted octanol–water partition coefficient (Wildman–Crippen LogP) is 3.38. The van der Waals surface area contributed by atoms with Gasteiger partial charge in [0, 0.05) is 28.6 Å². The number of nitrogens with one attached hydrogen (secondary N) is 1. The number of anilines is 4. The van der Waals surface area contributed by atoms with E-state index in [4.69, 9.17) is 16.2 Å². The van der Waals surface area contributed by atoms with E-state index in [1.165, 1.54) is 7.11 Å². The maximum absolute atomic E-state index is 13.2. The number of methoxy groups -OCH3 is 1. The molecule has 27 heavy (non-hydrogen) atoms. The molecule has 4 rings (SSSR count). The van der Waals surface area contributed by atoms with Crippen molar-refractivity contribution in [3.63, 3.8) is 0 Å². The Balaban J connectivity index is 1.96. The molecule has 0 heterocycles. The second kappa shape index (κ2) is 6.17. The molecule has 1 aliphatic rings. The van der Waals surface area contributed by atoms with Crippen LogP contribution in [0, 0.1) is 0 Å². The Hall–Kier alpha value is -3.80. The summed E-state index contributed by atoms with van der Waals surface area (Å²) >= 11 is 0. The lowest BCUT2D eigenvalue weighted by Gasteiger charge is -2.23. The third-order valence-corrected chi connectivity index (χ3v) is 4.59. The van der Waals surface area contributed by atoms with Crippen molar-refractivity contribution in [3.05, 3.63) is 76.9 Å². The lowest BCUT2D eigenvalue weighted by Crippen LogP contribution is -2.24. The van der Waals surface area contributed by atoms with Crippen LogP contribution in [0.15, 0.2) is 54.6 Å². The molecule has 0 unspecified atom stereocenters. The van der Waals surface area contributed by atoms with Crippen LogP contribution >= 0.6 is 0 Å². The van der Waals surface area contributed by atoms with E-state index in [0.29, 0.717) is 33.9 Å². The molecule has 0 amide bonds. The molecule has 134 valence electrons. The Morgan fingerprint density at radius 2 is 1.52 bits per heavy atom. The molecule has 0 aliphatic heterocycles. The third kappa shape index (κ3) is 2.58. The molecule has 0 fully saturated rings. The normalized spacial score (nSPS) is 12.3. The quantitative estimate of drug-likeness (QED) is 0.484. The summed E-state index contributed by atoms with van der Waals surface area (Å²) in [5, 5.41) is 3.17. The second-order valence-electron chi connectivity index (χ2n) is 6.24. The summed E-state index contributed by atoms with van der Waals surface area (Å²) in [5.41, 5.74) is 14.9. The lowest BCUT2D eigenvalue weighted by atomic mass is 9.82. The van der Waals surface area contributed by atoms with Gasteiger partial charge in [-0.25, -0.2) is 0 Å². The van der Waals surface area contributed by atoms with Crippen LogP contribution in [0.25, 0.3) is 0 Å². The molecular formula is C21H17N3O3. The summed E-state index contributed by atoms with van der Waals surface area (Å²) in [5.74, 6) is -0.242. The maximum atomic E-state index is 13.2. The minimum absolute atomic E-state index is 0.151. The van der Waals surface area contributed by atoms with Gasteiger partial charge in [-0.2, -0.15) is 0 Å². The standard InChI is InChI=1S/C21H17N3O3/c1-27-16-10-15(24-12-6-4-5-11(22)9-12)17-18(19(16)23)21(26)14-8-3-2-7-13(14)20(17)25/h2-10,24H,22-23H2,1H3. The molecule has 3 aromatic rings. The number of ketones is 2. The Bertz CT molecular complexity index is 1110. The molecule has 5 N–H and O–H groups in total. The van der Waals surface area contributed by atoms with E-state index >= 15 is 0 Å². The Labute approximate surface area is 155 Å². The molecule has 0 spiro atoms. The minimum atomic E-state index is -0.299. The summed E-state index contributed by atoms with van der Waals surface area (Å²) in [6, 6.07) is 15.4. The van der Waals surface area contributed by atoms with Crippen molar-refractivity contribution in [2.75, 3.05) is 23.9 Å². The Morgan fingerprint density at radius 1 is 0.852 bits per heavy atom. The van der Waals surface area contributed by atoms with Crippen molar-refractivity contribution >= 4 is 34.3 Å². The number of nitrogens with two attached hydrogens (primary N) is 2. The predicted molar refractivity (Wildman–Crippen MR) is 105 cm³/mol. The van der Waals surface area contributed by atoms with Crippen LogP contribution in [-0.4, -0.2) is 18.7 Å². The first kappa shape index (κ1) is 16.7. The zero-order valence-corrected chi connectivity index (χ0v) is 14.6. The largest absolute Gasteiger partial charge is 0.494 e. The van der Waals surface area contributed by atoms with Gasteiger partial charge < -0.3 is 21.5 Å². The molecule has 6 heteroatoms. The summed E-state index contributed by atoms with van der Waals surface area (Å²) in [6.45, 7) is 0. The van der Waals surface area contributed by atoms with E-state index in [1.54, 1.807) is 48.5 Å². The molecule has 0 radical (unpaired) electrons. The summed E-state index contributed by atoms with van der Waals surface area (Å²) in [7, 11) is 1.46. The molecule has 6 nitrogen and oxygen atoms in total. The van der Waals surface area contributed by atoms with Crippen LogP contribution in [-0.2, 0) is 0 Å². The molecule has 0 aromatic heterocycles. The van der Waals surface area contributed by atoms with Gasteiger partial charge in [-0.1, -0.05) is 30.3 Å². The van der Waals surface area contributed by atoms with Gasteiger partial charge in [0.05, 0.1) is 29.6 Å². The van der Waals surface area contributed by atoms with Crippen LogP contribution in [0.1, 0.15) is 31.8 Å². The van der Waals surface area contributed by atoms with Gasteiger partial charge in [-0.05, 0) is 18.2 Å². The first-order valence-electron chi connectivity index (χ1n) is 8.32. The van der Waals surface area contributed by atoms with Gasteiger partial charge in [0.1, 0.15) is 5.75 Å². The molecular weight excluding hydrogens is 342 g/mol. The first-order chi connectivity index (χ1) is 13.0. The monoisotopic (exact) mass is 359 g/mol. The summed E-state index contributed by atoms with van der Waals surface area (Å²) < 4.78 is 5.33. The van der Waals surface area contributed by atoms with E-state index in [2.05, 4.69) is 5.32 Å². The average Bonchev–Trinajstić information content (AvgIpc) is 2.67. The highest BCUT2D eigenvalue weighted by Crippen LogP contribution is 2.41. The number of nitrogen functional groups attached to an aromatic ring is 2. The Kier molecular flexibility index (Phi) is 3.81. The molecule has 0 atom stereocenters. The zero-order valence-electron chi connectivity index (χ0n) is 14.6. The van der Waals surface area contributed by atoms with E-state index in [1.807, 2.05) is 6.07 Å². The fourth-order valence-electron chi connectivity index (χ4n) is 3.33. The fraction of sp³-hybridized carbons (Fsp3) is 0.0476. The number of fused-ring (bicyclic) bond motifs is 2. The van der Waals surface area contributed by atoms with E-state index in [0.717, 1.165) is 0 Å². The number of hydrogen-bond donors (Lipinski definition) is 3. The van der Waals surface area contributed by atoms with Crippen LogP contribution < -0.4 is 21.5 Å². The number of carbonyl (C=O) groups is 2. The SMILES string of the molecule is COc1cc(Nc2cccc(N)c2)c2c(c1N)C(=O)c1ccccc1C2=O. The van der Waals surface area contributed by atoms with Crippen LogP contribution in [0.2, 0.25) is 0 Å². The maximum Gasteiger partial charge on any atom is 0.196 e. The van der Waals surface area contributed by atoms with Crippen LogP contribution in [0.4, 0.5) is 22.7 Å². The van der Waals surface area contributed by atoms with Gasteiger partial charge >= 0.3 is 0 Å². The van der Waals surface area contributed by atoms with Gasteiger partial charge in [0.15, 0.2) is 11.6 Å². The van der Waals surface area contributed by atoms with E-state index in [9.17, 15) is 9.59 Å². The molecule has 0 saturated carbocycles. The highest BCUT2D eigenvalue weighted by molar-refractivity contribution is 6.32. The number of ether oxygens (including phenoxy) is 1. The lowest BCUT2D eigenvalue weighted by molar-refractivity contribution is 0.0980. The topological polar surface area (TPSA) is 107 Å². The van der Waals surface area contributed by atoms with Gasteiger partial charge in [-0.3, -0.25) is 9.59 Å². The van der Waals surface area contributed by atoms with Gasteiger partial charge in [0.25, 0.3) is 0 Å². The minimum Gasteiger partial charge on any atom is -0.494 e. The van der Waals surface area contributed by atoms with Crippen LogP contribution in [0.3, 0.4) is 0 Å². The van der Waals surface area contributed by atoms with Crippen molar-refractivity contribution in [1.29, 1.82) is 0 Å². The number of rotatable bonds is 3. The van der Waals surface area contributed by atoms with E-state index < -0.39 is 0 Å². The zero-order chi connectivity index (χ0) is 19.1. The molecule has 0 bridgehead atoms. The van der Waals surface area contributed by atoms with Crippen molar-refractivity contribution in [2.45, 2.75) is 0 Å². The third-order valence-electron chi connectivity index (χ3n) is 4.59. The first-order valence-corrected chi connectivity index (χ1v) is 8.32. The van der Waals surface area contributed by atoms with Gasteiger partial charge in [-0.15, -0.1) is 0 Å². The summed E-state index contributed by atoms with van der Waals surface area (Å²) in [4.78, 5) is 26.2. The van der Waals surface area contributed by atoms with Crippen molar-refractivity contribution < 1.29 is 14.3 Å². The number of benzene rings is 3. The van der Waals surface area contributed by atoms with E-state index in [-0.39, 0.29) is 28.4 Å². The molecule has 3 aromatic carbocycles. The van der Waals surface area contributed by atoms with Crippen molar-refractivity contribution in [3.8, 4) is 5.75 Å². The Morgan fingerprint density at radius 3 is 2.15 bits per heavy atom. The highest BCUT2D eigenvalue weighted by atomic mass is 16.5.